The average Bonchev–Trinajstić information content (AvgIpc) is 3.33. The number of ether oxygens (including phenoxy) is 2. The van der Waals surface area contributed by atoms with Crippen molar-refractivity contribution in [2.45, 2.75) is 38.1 Å². The maximum atomic E-state index is 5.54. The van der Waals surface area contributed by atoms with E-state index < -0.39 is 0 Å². The summed E-state index contributed by atoms with van der Waals surface area (Å²) < 4.78 is 11.0. The van der Waals surface area contributed by atoms with Gasteiger partial charge in [0.1, 0.15) is 0 Å². The molecule has 3 aliphatic rings. The van der Waals surface area contributed by atoms with Crippen molar-refractivity contribution in [2.75, 3.05) is 39.2 Å². The number of nitrogens with one attached hydrogen (secondary N) is 1. The Morgan fingerprint density at radius 1 is 1.12 bits per heavy atom. The highest BCUT2D eigenvalue weighted by molar-refractivity contribution is 5.96. The molecule has 1 aromatic carbocycles. The van der Waals surface area contributed by atoms with Crippen LogP contribution in [0.5, 0.6) is 11.5 Å². The quantitative estimate of drug-likeness (QED) is 0.864. The summed E-state index contributed by atoms with van der Waals surface area (Å²) in [5.74, 6) is 2.49. The molecule has 138 valence electrons. The van der Waals surface area contributed by atoms with Gasteiger partial charge in [-0.25, -0.2) is 0 Å². The molecule has 2 fully saturated rings. The minimum Gasteiger partial charge on any atom is -0.493 e. The molecule has 0 radical (unpaired) electrons. The van der Waals surface area contributed by atoms with Crippen LogP contribution in [-0.4, -0.2) is 49.8 Å². The zero-order valence-corrected chi connectivity index (χ0v) is 15.7. The molecule has 1 N–H and O–H groups in total. The average molecular weight is 353 g/mol. The fraction of sp³-hybridized carbons (Fsp3) is 0.571. The van der Waals surface area contributed by atoms with Crippen molar-refractivity contribution in [2.24, 2.45) is 5.92 Å². The van der Waals surface area contributed by atoms with Gasteiger partial charge in [0, 0.05) is 42.5 Å². The third kappa shape index (κ3) is 2.78. The van der Waals surface area contributed by atoms with Crippen molar-refractivity contribution in [3.63, 3.8) is 0 Å². The molecule has 0 amide bonds. The number of methoxy groups -OCH3 is 2. The first-order chi connectivity index (χ1) is 12.7. The van der Waals surface area contributed by atoms with Crippen molar-refractivity contribution in [1.82, 2.24) is 9.88 Å². The second kappa shape index (κ2) is 6.31. The predicted molar refractivity (Wildman–Crippen MR) is 103 cm³/mol. The van der Waals surface area contributed by atoms with Crippen molar-refractivity contribution < 1.29 is 9.47 Å². The molecule has 26 heavy (non-hydrogen) atoms. The van der Waals surface area contributed by atoms with Gasteiger partial charge in [-0.3, -0.25) is 9.88 Å². The molecule has 1 saturated heterocycles. The minimum absolute atomic E-state index is 0.539. The standard InChI is InChI=1S/C21H27N3O2/c1-25-19-8-16-18(9-20(19)26-2)23-17-5-3-4-15(17)21(16)22-14-11-24(12-14)10-13-6-7-13/h8-9,13-14H,3-7,10-12H2,1-2H3,(H,22,23). The van der Waals surface area contributed by atoms with Crippen LogP contribution in [-0.2, 0) is 12.8 Å². The van der Waals surface area contributed by atoms with E-state index >= 15 is 0 Å². The van der Waals surface area contributed by atoms with E-state index in [0.29, 0.717) is 6.04 Å². The number of aryl methyl sites for hydroxylation is 1. The van der Waals surface area contributed by atoms with Crippen LogP contribution in [0.1, 0.15) is 30.5 Å². The summed E-state index contributed by atoms with van der Waals surface area (Å²) in [4.78, 5) is 7.51. The molecule has 0 atom stereocenters. The van der Waals surface area contributed by atoms with E-state index in [1.807, 2.05) is 6.07 Å². The lowest BCUT2D eigenvalue weighted by atomic mass is 10.0. The molecule has 5 rings (SSSR count). The van der Waals surface area contributed by atoms with E-state index in [1.165, 1.54) is 42.8 Å². The summed E-state index contributed by atoms with van der Waals surface area (Å²) in [6, 6.07) is 4.64. The smallest absolute Gasteiger partial charge is 0.162 e. The summed E-state index contributed by atoms with van der Waals surface area (Å²) in [5, 5.41) is 5.01. The number of pyridine rings is 1. The Labute approximate surface area is 154 Å². The van der Waals surface area contributed by atoms with Gasteiger partial charge in [-0.05, 0) is 49.7 Å². The van der Waals surface area contributed by atoms with Crippen molar-refractivity contribution in [1.29, 1.82) is 0 Å². The van der Waals surface area contributed by atoms with Crippen LogP contribution in [0.2, 0.25) is 0 Å². The van der Waals surface area contributed by atoms with Crippen LogP contribution in [0, 0.1) is 5.92 Å². The van der Waals surface area contributed by atoms with E-state index in [4.69, 9.17) is 14.5 Å². The van der Waals surface area contributed by atoms with Gasteiger partial charge in [0.25, 0.3) is 0 Å². The molecular weight excluding hydrogens is 326 g/mol. The number of benzene rings is 1. The Morgan fingerprint density at radius 3 is 2.62 bits per heavy atom. The SMILES string of the molecule is COc1cc2nc3c(c(NC4CN(CC5CC5)C4)c2cc1OC)CCC3. The molecule has 5 heteroatoms. The molecule has 5 nitrogen and oxygen atoms in total. The Hall–Kier alpha value is -2.01. The van der Waals surface area contributed by atoms with E-state index in [0.717, 1.165) is 54.3 Å². The summed E-state index contributed by atoms with van der Waals surface area (Å²) in [6.07, 6.45) is 6.25. The van der Waals surface area contributed by atoms with Crippen LogP contribution in [0.3, 0.4) is 0 Å². The van der Waals surface area contributed by atoms with Gasteiger partial charge in [0.15, 0.2) is 11.5 Å². The largest absolute Gasteiger partial charge is 0.493 e. The Morgan fingerprint density at radius 2 is 1.88 bits per heavy atom. The first-order valence-corrected chi connectivity index (χ1v) is 9.81. The topological polar surface area (TPSA) is 46.6 Å². The summed E-state index contributed by atoms with van der Waals surface area (Å²) >= 11 is 0. The highest BCUT2D eigenvalue weighted by Crippen LogP contribution is 2.40. The molecule has 1 aromatic heterocycles. The molecule has 2 heterocycles. The van der Waals surface area contributed by atoms with Gasteiger partial charge in [0.2, 0.25) is 0 Å². The van der Waals surface area contributed by atoms with Crippen LogP contribution in [0.4, 0.5) is 5.69 Å². The molecule has 1 saturated carbocycles. The molecule has 0 unspecified atom stereocenters. The molecule has 2 aliphatic carbocycles. The van der Waals surface area contributed by atoms with Crippen LogP contribution < -0.4 is 14.8 Å². The Kier molecular flexibility index (Phi) is 3.92. The van der Waals surface area contributed by atoms with Gasteiger partial charge in [-0.1, -0.05) is 0 Å². The molecular formula is C21H27N3O2. The summed E-state index contributed by atoms with van der Waals surface area (Å²) in [7, 11) is 3.37. The van der Waals surface area contributed by atoms with Crippen molar-refractivity contribution >= 4 is 16.6 Å². The second-order valence-electron chi connectivity index (χ2n) is 7.99. The number of hydrogen-bond donors (Lipinski definition) is 1. The van der Waals surface area contributed by atoms with Crippen molar-refractivity contribution in [3.05, 3.63) is 23.4 Å². The van der Waals surface area contributed by atoms with Gasteiger partial charge in [0.05, 0.1) is 25.8 Å². The number of anilines is 1. The van der Waals surface area contributed by atoms with Gasteiger partial charge >= 0.3 is 0 Å². The normalized spacial score (nSPS) is 20.1. The van der Waals surface area contributed by atoms with E-state index in [9.17, 15) is 0 Å². The van der Waals surface area contributed by atoms with Gasteiger partial charge in [-0.15, -0.1) is 0 Å². The zero-order chi connectivity index (χ0) is 17.7. The molecule has 0 bridgehead atoms. The third-order valence-electron chi connectivity index (χ3n) is 6.04. The third-order valence-corrected chi connectivity index (χ3v) is 6.04. The van der Waals surface area contributed by atoms with Crippen LogP contribution in [0.25, 0.3) is 10.9 Å². The lowest BCUT2D eigenvalue weighted by Gasteiger charge is -2.40. The fourth-order valence-electron chi connectivity index (χ4n) is 4.43. The first-order valence-electron chi connectivity index (χ1n) is 9.81. The van der Waals surface area contributed by atoms with Gasteiger partial charge in [-0.2, -0.15) is 0 Å². The second-order valence-corrected chi connectivity index (χ2v) is 7.99. The van der Waals surface area contributed by atoms with E-state index in [1.54, 1.807) is 14.2 Å². The predicted octanol–water partition coefficient (Wildman–Crippen LogP) is 3.25. The number of nitrogens with zero attached hydrogens (tertiary/aromatic N) is 2. The maximum absolute atomic E-state index is 5.54. The number of fused-ring (bicyclic) bond motifs is 2. The highest BCUT2D eigenvalue weighted by Gasteiger charge is 2.33. The number of likely N-dealkylation sites (tertiary alicyclic amines) is 1. The van der Waals surface area contributed by atoms with E-state index in [2.05, 4.69) is 16.3 Å². The zero-order valence-electron chi connectivity index (χ0n) is 15.7. The number of hydrogen-bond acceptors (Lipinski definition) is 5. The Balaban J connectivity index is 1.48. The fourth-order valence-corrected chi connectivity index (χ4v) is 4.43. The number of aromatic nitrogens is 1. The Bertz CT molecular complexity index is 841. The maximum Gasteiger partial charge on any atom is 0.162 e. The molecule has 0 spiro atoms. The van der Waals surface area contributed by atoms with Crippen LogP contribution in [0.15, 0.2) is 12.1 Å². The monoisotopic (exact) mass is 353 g/mol. The molecule has 1 aliphatic heterocycles. The summed E-state index contributed by atoms with van der Waals surface area (Å²) in [6.45, 7) is 3.60. The summed E-state index contributed by atoms with van der Waals surface area (Å²) in [5.41, 5.74) is 4.94. The molecule has 2 aromatic rings. The van der Waals surface area contributed by atoms with E-state index in [-0.39, 0.29) is 0 Å². The lowest BCUT2D eigenvalue weighted by molar-refractivity contribution is 0.155. The van der Waals surface area contributed by atoms with Crippen molar-refractivity contribution in [3.8, 4) is 11.5 Å². The minimum atomic E-state index is 0.539. The lowest BCUT2D eigenvalue weighted by Crippen LogP contribution is -2.55. The van der Waals surface area contributed by atoms with Crippen LogP contribution >= 0.6 is 0 Å². The first kappa shape index (κ1) is 16.2. The van der Waals surface area contributed by atoms with Gasteiger partial charge < -0.3 is 14.8 Å². The highest BCUT2D eigenvalue weighted by atomic mass is 16.5. The number of rotatable bonds is 6.